The molecule has 0 unspecified atom stereocenters. The summed E-state index contributed by atoms with van der Waals surface area (Å²) >= 11 is 0. The summed E-state index contributed by atoms with van der Waals surface area (Å²) in [6.07, 6.45) is -0.155. The first kappa shape index (κ1) is 18.4. The molecule has 3 aliphatic rings. The average Bonchev–Trinajstić information content (AvgIpc) is 3.50. The van der Waals surface area contributed by atoms with Crippen LogP contribution in [-0.2, 0) is 6.54 Å². The number of alkyl halides is 3. The smallest absolute Gasteiger partial charge is 0.383 e. The van der Waals surface area contributed by atoms with Crippen molar-refractivity contribution in [1.82, 2.24) is 19.7 Å². The second-order valence-electron chi connectivity index (χ2n) is 8.51. The molecule has 0 spiro atoms. The van der Waals surface area contributed by atoms with Crippen molar-refractivity contribution in [1.29, 1.82) is 5.26 Å². The van der Waals surface area contributed by atoms with E-state index in [4.69, 9.17) is 10.8 Å². The van der Waals surface area contributed by atoms with Gasteiger partial charge in [0.25, 0.3) is 0 Å². The quantitative estimate of drug-likeness (QED) is 0.831. The van der Waals surface area contributed by atoms with Crippen LogP contribution in [0.5, 0.6) is 0 Å². The topological polar surface area (TPSA) is 83.8 Å². The monoisotopic (exact) mass is 402 g/mol. The van der Waals surface area contributed by atoms with Gasteiger partial charge in [0, 0.05) is 43.0 Å². The highest BCUT2D eigenvalue weighted by Gasteiger charge is 2.58. The number of anilines is 1. The fourth-order valence-electron chi connectivity index (χ4n) is 4.67. The molecule has 0 radical (unpaired) electrons. The lowest BCUT2D eigenvalue weighted by atomic mass is 10.1. The van der Waals surface area contributed by atoms with Gasteiger partial charge in [-0.1, -0.05) is 0 Å². The van der Waals surface area contributed by atoms with Crippen LogP contribution in [0.3, 0.4) is 0 Å². The molecule has 2 aliphatic carbocycles. The molecule has 1 saturated heterocycles. The van der Waals surface area contributed by atoms with Crippen molar-refractivity contribution in [2.45, 2.75) is 31.5 Å². The third-order valence-electron chi connectivity index (χ3n) is 6.29. The van der Waals surface area contributed by atoms with Crippen molar-refractivity contribution in [3.63, 3.8) is 0 Å². The Balaban J connectivity index is 1.39. The molecule has 5 rings (SSSR count). The number of fused-ring (bicyclic) bond motifs is 1. The molecule has 6 nitrogen and oxygen atoms in total. The predicted molar refractivity (Wildman–Crippen MR) is 99.5 cm³/mol. The zero-order valence-corrected chi connectivity index (χ0v) is 15.7. The molecule has 1 aliphatic heterocycles. The van der Waals surface area contributed by atoms with Crippen molar-refractivity contribution in [3.8, 4) is 17.3 Å². The van der Waals surface area contributed by atoms with Gasteiger partial charge in [-0.05, 0) is 42.7 Å². The van der Waals surface area contributed by atoms with Crippen LogP contribution < -0.4 is 5.73 Å². The van der Waals surface area contributed by atoms with E-state index in [0.29, 0.717) is 24.6 Å². The molecular weight excluding hydrogens is 381 g/mol. The second kappa shape index (κ2) is 6.46. The summed E-state index contributed by atoms with van der Waals surface area (Å²) in [5.74, 6) is 1.60. The third-order valence-corrected chi connectivity index (χ3v) is 6.29. The van der Waals surface area contributed by atoms with Crippen molar-refractivity contribution >= 4 is 5.82 Å². The minimum atomic E-state index is -4.15. The first-order chi connectivity index (χ1) is 13.8. The van der Waals surface area contributed by atoms with Crippen LogP contribution in [0.25, 0.3) is 11.3 Å². The number of pyridine rings is 1. The van der Waals surface area contributed by atoms with Crippen LogP contribution in [0.2, 0.25) is 0 Å². The molecule has 2 saturated carbocycles. The van der Waals surface area contributed by atoms with Gasteiger partial charge in [0.1, 0.15) is 11.9 Å². The molecule has 9 heteroatoms. The number of hydrogen-bond donors (Lipinski definition) is 1. The Labute approximate surface area is 166 Å². The largest absolute Gasteiger partial charge is 0.401 e. The molecule has 2 aromatic rings. The molecule has 152 valence electrons. The molecule has 2 N–H and O–H groups in total. The summed E-state index contributed by atoms with van der Waals surface area (Å²) in [5.41, 5.74) is 8.60. The van der Waals surface area contributed by atoms with Crippen molar-refractivity contribution < 1.29 is 13.2 Å². The molecule has 3 atom stereocenters. The minimum absolute atomic E-state index is 0.190. The fraction of sp³-hybridized carbons (Fsp3) is 0.550. The van der Waals surface area contributed by atoms with Gasteiger partial charge in [-0.3, -0.25) is 9.58 Å². The zero-order valence-electron chi connectivity index (χ0n) is 15.7. The predicted octanol–water partition coefficient (Wildman–Crippen LogP) is 3.02. The van der Waals surface area contributed by atoms with Gasteiger partial charge in [-0.2, -0.15) is 23.5 Å². The van der Waals surface area contributed by atoms with Crippen molar-refractivity contribution in [2.75, 3.05) is 25.4 Å². The Morgan fingerprint density at radius 3 is 2.55 bits per heavy atom. The molecular formula is C20H21F3N6. The van der Waals surface area contributed by atoms with Crippen LogP contribution in [-0.4, -0.2) is 45.5 Å². The van der Waals surface area contributed by atoms with E-state index in [1.54, 1.807) is 12.3 Å². The number of aromatic nitrogens is 3. The molecule has 0 amide bonds. The minimum Gasteiger partial charge on any atom is -0.383 e. The number of halogens is 3. The number of hydrogen-bond acceptors (Lipinski definition) is 5. The standard InChI is InChI=1S/C20H21F3N6/c21-20(22,23)10-28-8-14-15(9-28)18(14)17-4-16(27-29(17)7-11-1-2-11)13-3-12(5-24)19(25)26-6-13/h3-4,6,11,14-15,18H,1-2,7-10H2,(H2,25,26)/t14-,15+,18+. The number of rotatable bonds is 5. The van der Waals surface area contributed by atoms with Gasteiger partial charge in [-0.25, -0.2) is 4.98 Å². The van der Waals surface area contributed by atoms with E-state index in [1.165, 1.54) is 17.7 Å². The average molecular weight is 402 g/mol. The molecule has 2 aromatic heterocycles. The Hall–Kier alpha value is -2.60. The number of piperidine rings is 1. The Bertz CT molecular complexity index is 975. The summed E-state index contributed by atoms with van der Waals surface area (Å²) < 4.78 is 40.0. The lowest BCUT2D eigenvalue weighted by molar-refractivity contribution is -0.144. The summed E-state index contributed by atoms with van der Waals surface area (Å²) in [5, 5.41) is 14.0. The molecule has 3 heterocycles. The van der Waals surface area contributed by atoms with Crippen LogP contribution in [0, 0.1) is 29.1 Å². The summed E-state index contributed by atoms with van der Waals surface area (Å²) in [6.45, 7) is 0.986. The highest BCUT2D eigenvalue weighted by molar-refractivity contribution is 5.64. The highest BCUT2D eigenvalue weighted by Crippen LogP contribution is 2.58. The summed E-state index contributed by atoms with van der Waals surface area (Å²) in [7, 11) is 0. The Morgan fingerprint density at radius 2 is 1.93 bits per heavy atom. The van der Waals surface area contributed by atoms with Crippen LogP contribution in [0.1, 0.15) is 30.0 Å². The van der Waals surface area contributed by atoms with E-state index < -0.39 is 12.7 Å². The lowest BCUT2D eigenvalue weighted by Crippen LogP contribution is -2.34. The van der Waals surface area contributed by atoms with Crippen LogP contribution >= 0.6 is 0 Å². The first-order valence-corrected chi connectivity index (χ1v) is 9.85. The van der Waals surface area contributed by atoms with Gasteiger partial charge in [0.2, 0.25) is 0 Å². The van der Waals surface area contributed by atoms with Crippen molar-refractivity contribution in [2.24, 2.45) is 17.8 Å². The van der Waals surface area contributed by atoms with E-state index in [-0.39, 0.29) is 23.6 Å². The number of likely N-dealkylation sites (tertiary alicyclic amines) is 1. The molecule has 0 bridgehead atoms. The summed E-state index contributed by atoms with van der Waals surface area (Å²) in [4.78, 5) is 5.60. The third kappa shape index (κ3) is 3.57. The van der Waals surface area contributed by atoms with E-state index in [2.05, 4.69) is 4.98 Å². The van der Waals surface area contributed by atoms with Gasteiger partial charge >= 0.3 is 6.18 Å². The van der Waals surface area contributed by atoms with E-state index in [1.807, 2.05) is 16.8 Å². The zero-order chi connectivity index (χ0) is 20.3. The Morgan fingerprint density at radius 1 is 1.21 bits per heavy atom. The normalized spacial score (nSPS) is 26.3. The molecule has 0 aromatic carbocycles. The van der Waals surface area contributed by atoms with E-state index in [0.717, 1.165) is 23.5 Å². The summed E-state index contributed by atoms with van der Waals surface area (Å²) in [6, 6.07) is 5.75. The fourth-order valence-corrected chi connectivity index (χ4v) is 4.67. The number of nitrogen functional groups attached to an aromatic ring is 1. The lowest BCUT2D eigenvalue weighted by Gasteiger charge is -2.21. The van der Waals surface area contributed by atoms with Crippen LogP contribution in [0.15, 0.2) is 18.3 Å². The maximum atomic E-state index is 12.7. The first-order valence-electron chi connectivity index (χ1n) is 9.85. The van der Waals surface area contributed by atoms with Crippen molar-refractivity contribution in [3.05, 3.63) is 29.6 Å². The van der Waals surface area contributed by atoms with E-state index >= 15 is 0 Å². The Kier molecular flexibility index (Phi) is 4.10. The molecule has 3 fully saturated rings. The number of nitrogens with zero attached hydrogens (tertiary/aromatic N) is 5. The molecule has 29 heavy (non-hydrogen) atoms. The highest BCUT2D eigenvalue weighted by atomic mass is 19.4. The maximum Gasteiger partial charge on any atom is 0.401 e. The number of nitrogens with two attached hydrogens (primary N) is 1. The van der Waals surface area contributed by atoms with Gasteiger partial charge in [0.15, 0.2) is 0 Å². The SMILES string of the molecule is N#Cc1cc(-c2cc([C@H]3[C@@H]4CN(CC(F)(F)F)C[C@@H]43)n(CC3CC3)n2)cnc1N. The second-order valence-corrected chi connectivity index (χ2v) is 8.51. The van der Waals surface area contributed by atoms with Gasteiger partial charge in [0.05, 0.1) is 17.8 Å². The van der Waals surface area contributed by atoms with Gasteiger partial charge < -0.3 is 5.73 Å². The number of nitriles is 1. The maximum absolute atomic E-state index is 12.7. The van der Waals surface area contributed by atoms with E-state index in [9.17, 15) is 18.4 Å². The van der Waals surface area contributed by atoms with Gasteiger partial charge in [-0.15, -0.1) is 0 Å². The van der Waals surface area contributed by atoms with Crippen LogP contribution in [0.4, 0.5) is 19.0 Å².